The number of Topliss-reactive ketones (excluding diaryl/α,β-unsaturated/α-hetero) is 1. The number of carbonyl (C=O) groups is 5. The number of imide groups is 1. The van der Waals surface area contributed by atoms with E-state index in [1.165, 1.54) is 18.1 Å². The van der Waals surface area contributed by atoms with Gasteiger partial charge in [0.25, 0.3) is 0 Å². The minimum atomic E-state index is -0.882. The number of allylic oxidation sites excluding steroid dienone is 6. The summed E-state index contributed by atoms with van der Waals surface area (Å²) in [7, 11) is 1.42. The number of carboxylic acid groups (broad SMARTS) is 1. The van der Waals surface area contributed by atoms with Crippen LogP contribution < -0.4 is 4.74 Å². The largest absolute Gasteiger partial charge is 0.504 e. The van der Waals surface area contributed by atoms with Crippen molar-refractivity contribution in [3.8, 4) is 11.5 Å². The monoisotopic (exact) mass is 597 g/mol. The zero-order valence-electron chi connectivity index (χ0n) is 21.3. The number of rotatable bonds is 8. The summed E-state index contributed by atoms with van der Waals surface area (Å²) in [5, 5.41) is 19.9. The van der Waals surface area contributed by atoms with Crippen LogP contribution in [0.25, 0.3) is 0 Å². The summed E-state index contributed by atoms with van der Waals surface area (Å²) in [6.45, 7) is 0.214. The van der Waals surface area contributed by atoms with Crippen molar-refractivity contribution in [3.63, 3.8) is 0 Å². The second-order valence-electron chi connectivity index (χ2n) is 10.3. The lowest BCUT2D eigenvalue weighted by Crippen LogP contribution is -2.39. The third-order valence-corrected chi connectivity index (χ3v) is 8.85. The van der Waals surface area contributed by atoms with Crippen molar-refractivity contribution in [3.05, 3.63) is 57.1 Å². The first-order valence-electron chi connectivity index (χ1n) is 13.0. The van der Waals surface area contributed by atoms with Crippen LogP contribution in [0.3, 0.4) is 0 Å². The van der Waals surface area contributed by atoms with E-state index in [2.05, 4.69) is 15.9 Å². The maximum absolute atomic E-state index is 13.7. The molecule has 1 saturated heterocycles. The number of carbonyl (C=O) groups excluding carboxylic acids is 4. The van der Waals surface area contributed by atoms with E-state index >= 15 is 0 Å². The van der Waals surface area contributed by atoms with E-state index in [0.717, 1.165) is 5.57 Å². The van der Waals surface area contributed by atoms with Crippen molar-refractivity contribution in [2.24, 2.45) is 17.8 Å². The standard InChI is InChI=1S/C29H28BrNO8/c1-39-21-7-5-6-15(27(21)36)23-14-9-10-16-24(17(14)12-18-25(23)20(32)13-19(30)26(18)35)29(38)31(28(16)37)11-4-2-3-8-22(33)34/h5-7,9,13,16-17,23-24,36H,2-4,8,10-12H2,1H3,(H,33,34). The first-order chi connectivity index (χ1) is 18.6. The number of hydrogen-bond donors (Lipinski definition) is 2. The Labute approximate surface area is 233 Å². The number of benzene rings is 1. The molecule has 4 aliphatic rings. The van der Waals surface area contributed by atoms with Crippen molar-refractivity contribution in [1.29, 1.82) is 0 Å². The molecule has 5 rings (SSSR count). The number of fused-ring (bicyclic) bond motifs is 3. The van der Waals surface area contributed by atoms with Crippen molar-refractivity contribution in [1.82, 2.24) is 4.90 Å². The quantitative estimate of drug-likeness (QED) is 0.200. The fourth-order valence-corrected chi connectivity index (χ4v) is 6.95. The average molecular weight is 598 g/mol. The molecule has 39 heavy (non-hydrogen) atoms. The van der Waals surface area contributed by atoms with E-state index in [1.807, 2.05) is 6.08 Å². The van der Waals surface area contributed by atoms with Crippen LogP contribution in [0.5, 0.6) is 11.5 Å². The summed E-state index contributed by atoms with van der Waals surface area (Å²) in [5.74, 6) is -4.58. The highest BCUT2D eigenvalue weighted by Gasteiger charge is 2.56. The molecular weight excluding hydrogens is 570 g/mol. The predicted molar refractivity (Wildman–Crippen MR) is 142 cm³/mol. The number of hydrogen-bond acceptors (Lipinski definition) is 7. The van der Waals surface area contributed by atoms with Gasteiger partial charge in [0.2, 0.25) is 11.8 Å². The van der Waals surface area contributed by atoms with Crippen molar-refractivity contribution >= 4 is 45.3 Å². The number of aliphatic carboxylic acids is 1. The minimum Gasteiger partial charge on any atom is -0.504 e. The summed E-state index contributed by atoms with van der Waals surface area (Å²) < 4.78 is 5.44. The normalized spacial score (nSPS) is 26.2. The van der Waals surface area contributed by atoms with E-state index < -0.39 is 29.6 Å². The molecule has 1 aliphatic heterocycles. The lowest BCUT2D eigenvalue weighted by atomic mass is 9.59. The lowest BCUT2D eigenvalue weighted by molar-refractivity contribution is -0.141. The zero-order valence-corrected chi connectivity index (χ0v) is 22.9. The van der Waals surface area contributed by atoms with Gasteiger partial charge in [-0.1, -0.05) is 30.2 Å². The van der Waals surface area contributed by atoms with Crippen LogP contribution in [0.1, 0.15) is 50.0 Å². The Morgan fingerprint density at radius 3 is 2.59 bits per heavy atom. The maximum atomic E-state index is 13.7. The third kappa shape index (κ3) is 4.54. The number of halogens is 1. The Balaban J connectivity index is 1.52. The van der Waals surface area contributed by atoms with Crippen LogP contribution >= 0.6 is 15.9 Å². The number of likely N-dealkylation sites (tertiary alicyclic amines) is 1. The van der Waals surface area contributed by atoms with Gasteiger partial charge >= 0.3 is 5.97 Å². The fraction of sp³-hybridized carbons (Fsp3) is 0.414. The number of para-hydroxylation sites is 1. The second kappa shape index (κ2) is 10.6. The summed E-state index contributed by atoms with van der Waals surface area (Å²) in [5.41, 5.74) is 1.71. The van der Waals surface area contributed by atoms with Gasteiger partial charge in [-0.2, -0.15) is 0 Å². The summed E-state index contributed by atoms with van der Waals surface area (Å²) >= 11 is 3.20. The smallest absolute Gasteiger partial charge is 0.303 e. The van der Waals surface area contributed by atoms with Gasteiger partial charge in [0.15, 0.2) is 23.1 Å². The number of nitrogens with zero attached hydrogens (tertiary/aromatic N) is 1. The number of ketones is 2. The molecule has 3 aliphatic carbocycles. The molecule has 0 spiro atoms. The molecule has 0 bridgehead atoms. The highest BCUT2D eigenvalue weighted by molar-refractivity contribution is 9.12. The van der Waals surface area contributed by atoms with Crippen LogP contribution in [0.15, 0.2) is 51.6 Å². The lowest BCUT2D eigenvalue weighted by Gasteiger charge is -2.42. The van der Waals surface area contributed by atoms with E-state index in [9.17, 15) is 29.1 Å². The third-order valence-electron chi connectivity index (χ3n) is 8.26. The van der Waals surface area contributed by atoms with E-state index in [4.69, 9.17) is 9.84 Å². The average Bonchev–Trinajstić information content (AvgIpc) is 3.15. The van der Waals surface area contributed by atoms with Gasteiger partial charge in [0.05, 0.1) is 23.4 Å². The van der Waals surface area contributed by atoms with Crippen molar-refractivity contribution in [2.45, 2.75) is 44.4 Å². The molecule has 9 nitrogen and oxygen atoms in total. The van der Waals surface area contributed by atoms with Crippen LogP contribution in [0.4, 0.5) is 0 Å². The molecule has 0 aromatic heterocycles. The predicted octanol–water partition coefficient (Wildman–Crippen LogP) is 3.81. The van der Waals surface area contributed by atoms with Crippen LogP contribution in [0.2, 0.25) is 0 Å². The van der Waals surface area contributed by atoms with E-state index in [-0.39, 0.29) is 69.9 Å². The molecule has 204 valence electrons. The molecule has 0 radical (unpaired) electrons. The van der Waals surface area contributed by atoms with Crippen molar-refractivity contribution in [2.75, 3.05) is 13.7 Å². The van der Waals surface area contributed by atoms with Gasteiger partial charge in [-0.3, -0.25) is 28.9 Å². The first kappa shape index (κ1) is 27.1. The number of methoxy groups -OCH3 is 1. The van der Waals surface area contributed by atoms with Gasteiger partial charge in [-0.05, 0) is 53.6 Å². The number of aromatic hydroxyl groups is 1. The second-order valence-corrected chi connectivity index (χ2v) is 11.2. The maximum Gasteiger partial charge on any atom is 0.303 e. The number of amides is 2. The SMILES string of the molecule is COc1cccc(C2C3=CCC4C(=O)N(CCCCCC(=O)O)C(=O)C4C3CC3=C2C(=O)C=C(Br)C3=O)c1O. The highest BCUT2D eigenvalue weighted by atomic mass is 79.9. The summed E-state index contributed by atoms with van der Waals surface area (Å²) in [4.78, 5) is 65.6. The summed E-state index contributed by atoms with van der Waals surface area (Å²) in [6.07, 6.45) is 5.18. The molecule has 4 atom stereocenters. The van der Waals surface area contributed by atoms with Gasteiger partial charge in [0, 0.05) is 41.7 Å². The van der Waals surface area contributed by atoms with Gasteiger partial charge in [0.1, 0.15) is 0 Å². The first-order valence-corrected chi connectivity index (χ1v) is 13.8. The molecule has 2 N–H and O–H groups in total. The van der Waals surface area contributed by atoms with E-state index in [0.29, 0.717) is 31.2 Å². The fourth-order valence-electron chi connectivity index (χ4n) is 6.51. The summed E-state index contributed by atoms with van der Waals surface area (Å²) in [6, 6.07) is 4.97. The topological polar surface area (TPSA) is 138 Å². The Kier molecular flexibility index (Phi) is 7.33. The molecule has 1 aromatic carbocycles. The van der Waals surface area contributed by atoms with Crippen molar-refractivity contribution < 1.29 is 38.9 Å². The Hall–Kier alpha value is -3.53. The Morgan fingerprint density at radius 2 is 1.87 bits per heavy atom. The number of phenolic OH excluding ortho intramolecular Hbond substituents is 1. The number of carboxylic acids is 1. The molecule has 0 saturated carbocycles. The molecular formula is C29H28BrNO8. The minimum absolute atomic E-state index is 0.0369. The highest BCUT2D eigenvalue weighted by Crippen LogP contribution is 2.56. The molecule has 1 aromatic rings. The zero-order chi connectivity index (χ0) is 28.0. The Bertz CT molecular complexity index is 1390. The Morgan fingerprint density at radius 1 is 1.10 bits per heavy atom. The van der Waals surface area contributed by atoms with Gasteiger partial charge in [-0.25, -0.2) is 0 Å². The number of ether oxygens (including phenoxy) is 1. The van der Waals surface area contributed by atoms with E-state index in [1.54, 1.807) is 18.2 Å². The number of unbranched alkanes of at least 4 members (excludes halogenated alkanes) is 2. The molecule has 1 fully saturated rings. The molecule has 2 amide bonds. The molecule has 10 heteroatoms. The van der Waals surface area contributed by atoms with Crippen LogP contribution in [-0.4, -0.2) is 58.1 Å². The molecule has 4 unspecified atom stereocenters. The van der Waals surface area contributed by atoms with Gasteiger partial charge in [-0.15, -0.1) is 0 Å². The number of phenols is 1. The van der Waals surface area contributed by atoms with Crippen LogP contribution in [0, 0.1) is 17.8 Å². The molecule has 1 heterocycles. The van der Waals surface area contributed by atoms with Crippen LogP contribution in [-0.2, 0) is 24.0 Å². The van der Waals surface area contributed by atoms with Gasteiger partial charge < -0.3 is 14.9 Å².